The number of carbonyl (C=O) groups is 1. The van der Waals surface area contributed by atoms with Crippen LogP contribution in [-0.4, -0.2) is 49.3 Å². The minimum absolute atomic E-state index is 0.438. The molecule has 2 rings (SSSR count). The molecule has 0 spiro atoms. The predicted octanol–water partition coefficient (Wildman–Crippen LogP) is 1.13. The number of aliphatic carboxylic acids is 1. The molecule has 90 valence electrons. The summed E-state index contributed by atoms with van der Waals surface area (Å²) in [5, 5.41) is 9.24. The highest BCUT2D eigenvalue weighted by Gasteiger charge is 2.27. The van der Waals surface area contributed by atoms with Crippen LogP contribution in [0.1, 0.15) is 19.3 Å². The topological polar surface area (TPSA) is 49.8 Å². The van der Waals surface area contributed by atoms with Crippen LogP contribution in [0.3, 0.4) is 0 Å². The number of carboxylic acids is 1. The molecule has 0 aromatic carbocycles. The van der Waals surface area contributed by atoms with Crippen LogP contribution in [-0.2, 0) is 9.53 Å². The third-order valence-corrected chi connectivity index (χ3v) is 3.55. The van der Waals surface area contributed by atoms with Crippen molar-refractivity contribution in [2.45, 2.75) is 19.3 Å². The molecule has 0 atom stereocenters. The van der Waals surface area contributed by atoms with E-state index in [0.717, 1.165) is 39.0 Å². The molecule has 1 saturated heterocycles. The fourth-order valence-corrected chi connectivity index (χ4v) is 2.61. The lowest BCUT2D eigenvalue weighted by atomic mass is 9.84. The van der Waals surface area contributed by atoms with Crippen molar-refractivity contribution >= 4 is 5.97 Å². The van der Waals surface area contributed by atoms with Gasteiger partial charge in [-0.05, 0) is 32.2 Å². The molecule has 0 aliphatic carbocycles. The van der Waals surface area contributed by atoms with E-state index in [-0.39, 0.29) is 0 Å². The Bertz CT molecular complexity index is 305. The number of carboxylic acid groups (broad SMARTS) is 1. The summed E-state index contributed by atoms with van der Waals surface area (Å²) >= 11 is 0. The zero-order valence-electron chi connectivity index (χ0n) is 9.74. The molecule has 1 fully saturated rings. The molecule has 1 N–H and O–H groups in total. The summed E-state index contributed by atoms with van der Waals surface area (Å²) in [6.45, 7) is 3.11. The Morgan fingerprint density at radius 3 is 2.75 bits per heavy atom. The Hall–Kier alpha value is -0.870. The molecule has 2 aliphatic rings. The molecule has 2 heterocycles. The van der Waals surface area contributed by atoms with Gasteiger partial charge in [0.05, 0.1) is 5.57 Å². The molecule has 16 heavy (non-hydrogen) atoms. The number of likely N-dealkylation sites (N-methyl/N-ethyl adjacent to an activating group) is 1. The zero-order valence-corrected chi connectivity index (χ0v) is 9.74. The van der Waals surface area contributed by atoms with E-state index < -0.39 is 5.97 Å². The summed E-state index contributed by atoms with van der Waals surface area (Å²) < 4.78 is 5.33. The van der Waals surface area contributed by atoms with Crippen LogP contribution in [0.2, 0.25) is 0 Å². The average molecular weight is 225 g/mol. The minimum atomic E-state index is -0.743. The summed E-state index contributed by atoms with van der Waals surface area (Å²) in [5.41, 5.74) is 1.80. The fraction of sp³-hybridized carbons (Fsp3) is 0.750. The predicted molar refractivity (Wildman–Crippen MR) is 60.3 cm³/mol. The number of nitrogens with zero attached hydrogens (tertiary/aromatic N) is 1. The van der Waals surface area contributed by atoms with E-state index in [1.165, 1.54) is 5.57 Å². The first-order valence-electron chi connectivity index (χ1n) is 5.90. The smallest absolute Gasteiger partial charge is 0.332 e. The molecule has 0 radical (unpaired) electrons. The van der Waals surface area contributed by atoms with E-state index in [9.17, 15) is 9.90 Å². The first-order valence-corrected chi connectivity index (χ1v) is 5.90. The summed E-state index contributed by atoms with van der Waals surface area (Å²) in [6.07, 6.45) is 2.87. The van der Waals surface area contributed by atoms with Gasteiger partial charge in [-0.15, -0.1) is 0 Å². The van der Waals surface area contributed by atoms with Gasteiger partial charge >= 0.3 is 5.97 Å². The number of rotatable bonds is 2. The van der Waals surface area contributed by atoms with Crippen molar-refractivity contribution in [3.05, 3.63) is 11.1 Å². The Labute approximate surface area is 95.9 Å². The van der Waals surface area contributed by atoms with Gasteiger partial charge in [-0.25, -0.2) is 4.79 Å². The first-order chi connectivity index (χ1) is 7.68. The number of hydrogen-bond donors (Lipinski definition) is 1. The lowest BCUT2D eigenvalue weighted by molar-refractivity contribution is -0.133. The average Bonchev–Trinajstić information content (AvgIpc) is 2.30. The molecule has 0 saturated carbocycles. The van der Waals surface area contributed by atoms with Crippen molar-refractivity contribution in [3.63, 3.8) is 0 Å². The van der Waals surface area contributed by atoms with Crippen molar-refractivity contribution < 1.29 is 14.6 Å². The van der Waals surface area contributed by atoms with Crippen LogP contribution in [0, 0.1) is 5.92 Å². The maximum Gasteiger partial charge on any atom is 0.332 e. The highest BCUT2D eigenvalue weighted by atomic mass is 16.5. The Balaban J connectivity index is 2.19. The monoisotopic (exact) mass is 225 g/mol. The van der Waals surface area contributed by atoms with Crippen LogP contribution in [0.5, 0.6) is 0 Å². The van der Waals surface area contributed by atoms with Crippen LogP contribution >= 0.6 is 0 Å². The van der Waals surface area contributed by atoms with Gasteiger partial charge in [-0.1, -0.05) is 5.57 Å². The lowest BCUT2D eigenvalue weighted by Crippen LogP contribution is -2.34. The Morgan fingerprint density at radius 1 is 1.44 bits per heavy atom. The lowest BCUT2D eigenvalue weighted by Gasteiger charge is -2.32. The third kappa shape index (κ3) is 2.44. The van der Waals surface area contributed by atoms with Gasteiger partial charge in [0.25, 0.3) is 0 Å². The summed E-state index contributed by atoms with van der Waals surface area (Å²) in [5.74, 6) is -0.304. The van der Waals surface area contributed by atoms with Gasteiger partial charge in [0.1, 0.15) is 0 Å². The minimum Gasteiger partial charge on any atom is -0.478 e. The maximum absolute atomic E-state index is 11.2. The first kappa shape index (κ1) is 11.6. The van der Waals surface area contributed by atoms with Gasteiger partial charge < -0.3 is 14.7 Å². The molecule has 4 heteroatoms. The van der Waals surface area contributed by atoms with E-state index >= 15 is 0 Å². The summed E-state index contributed by atoms with van der Waals surface area (Å²) in [6, 6.07) is 0. The Kier molecular flexibility index (Phi) is 3.61. The number of ether oxygens (including phenoxy) is 1. The molecule has 4 nitrogen and oxygen atoms in total. The third-order valence-electron chi connectivity index (χ3n) is 3.55. The molecule has 2 aliphatic heterocycles. The largest absolute Gasteiger partial charge is 0.478 e. The van der Waals surface area contributed by atoms with E-state index in [2.05, 4.69) is 4.90 Å². The van der Waals surface area contributed by atoms with Crippen molar-refractivity contribution in [2.24, 2.45) is 5.92 Å². The van der Waals surface area contributed by atoms with Gasteiger partial charge in [-0.3, -0.25) is 0 Å². The molecule has 0 bridgehead atoms. The molecule has 0 aromatic rings. The zero-order chi connectivity index (χ0) is 11.5. The normalized spacial score (nSPS) is 24.8. The van der Waals surface area contributed by atoms with Crippen molar-refractivity contribution in [1.82, 2.24) is 4.90 Å². The van der Waals surface area contributed by atoms with Crippen molar-refractivity contribution in [1.29, 1.82) is 0 Å². The SMILES string of the molecule is CN1CCC(C2CCOCC2)=C(C(=O)O)C1. The van der Waals surface area contributed by atoms with Gasteiger partial charge in [-0.2, -0.15) is 0 Å². The molecular formula is C12H19NO3. The molecule has 0 aromatic heterocycles. The van der Waals surface area contributed by atoms with Crippen molar-refractivity contribution in [2.75, 3.05) is 33.4 Å². The standard InChI is InChI=1S/C12H19NO3/c1-13-5-2-10(11(8-13)12(14)15)9-3-6-16-7-4-9/h9H,2-8H2,1H3,(H,14,15). The van der Waals surface area contributed by atoms with E-state index in [4.69, 9.17) is 4.74 Å². The van der Waals surface area contributed by atoms with E-state index in [1.54, 1.807) is 0 Å². The summed E-state index contributed by atoms with van der Waals surface area (Å²) in [7, 11) is 1.98. The highest BCUT2D eigenvalue weighted by molar-refractivity contribution is 5.88. The molecule has 0 unspecified atom stereocenters. The fourth-order valence-electron chi connectivity index (χ4n) is 2.61. The van der Waals surface area contributed by atoms with Crippen LogP contribution < -0.4 is 0 Å². The van der Waals surface area contributed by atoms with Gasteiger partial charge in [0.2, 0.25) is 0 Å². The highest BCUT2D eigenvalue weighted by Crippen LogP contribution is 2.31. The van der Waals surface area contributed by atoms with Gasteiger partial charge in [0, 0.05) is 26.3 Å². The van der Waals surface area contributed by atoms with E-state index in [0.29, 0.717) is 18.0 Å². The van der Waals surface area contributed by atoms with E-state index in [1.807, 2.05) is 7.05 Å². The quantitative estimate of drug-likeness (QED) is 0.765. The number of hydrogen-bond acceptors (Lipinski definition) is 3. The van der Waals surface area contributed by atoms with Crippen LogP contribution in [0.15, 0.2) is 11.1 Å². The van der Waals surface area contributed by atoms with Gasteiger partial charge in [0.15, 0.2) is 0 Å². The molecular weight excluding hydrogens is 206 g/mol. The Morgan fingerprint density at radius 2 is 2.12 bits per heavy atom. The second-order valence-electron chi connectivity index (χ2n) is 4.68. The second-order valence-corrected chi connectivity index (χ2v) is 4.68. The molecule has 0 amide bonds. The second kappa shape index (κ2) is 4.97. The summed E-state index contributed by atoms with van der Waals surface area (Å²) in [4.78, 5) is 13.3. The van der Waals surface area contributed by atoms with Crippen LogP contribution in [0.4, 0.5) is 0 Å². The maximum atomic E-state index is 11.2. The van der Waals surface area contributed by atoms with Crippen LogP contribution in [0.25, 0.3) is 0 Å². The van der Waals surface area contributed by atoms with Crippen molar-refractivity contribution in [3.8, 4) is 0 Å².